The Kier molecular flexibility index (Phi) is 7.01. The van der Waals surface area contributed by atoms with Gasteiger partial charge in [0.05, 0.1) is 12.1 Å². The molecule has 0 aromatic heterocycles. The molecule has 12 heteroatoms. The van der Waals surface area contributed by atoms with Crippen LogP contribution < -0.4 is 11.6 Å². The number of rotatable bonds is 5. The number of nitrogens with zero attached hydrogens (tertiary/aromatic N) is 3. The third-order valence-corrected chi connectivity index (χ3v) is 4.41. The lowest BCUT2D eigenvalue weighted by Crippen LogP contribution is -2.43. The molecule has 0 bridgehead atoms. The van der Waals surface area contributed by atoms with E-state index in [9.17, 15) is 31.1 Å². The molecule has 0 saturated carbocycles. The van der Waals surface area contributed by atoms with Crippen molar-refractivity contribution in [2.75, 3.05) is 6.54 Å². The van der Waals surface area contributed by atoms with Crippen LogP contribution in [0.25, 0.3) is 6.08 Å². The van der Waals surface area contributed by atoms with Crippen molar-refractivity contribution in [2.24, 2.45) is 16.7 Å². The van der Waals surface area contributed by atoms with Crippen LogP contribution in [-0.4, -0.2) is 40.5 Å². The van der Waals surface area contributed by atoms with Gasteiger partial charge >= 0.3 is 12.4 Å². The van der Waals surface area contributed by atoms with Crippen LogP contribution in [0.5, 0.6) is 0 Å². The number of hydrogen-bond donors (Lipinski definition) is 2. The molecule has 1 amide bonds. The van der Waals surface area contributed by atoms with Crippen molar-refractivity contribution in [3.63, 3.8) is 0 Å². The molecule has 1 saturated heterocycles. The maximum atomic E-state index is 13.0. The predicted molar refractivity (Wildman–Crippen MR) is 98.3 cm³/mol. The van der Waals surface area contributed by atoms with Crippen LogP contribution in [0.3, 0.4) is 0 Å². The summed E-state index contributed by atoms with van der Waals surface area (Å²) in [4.78, 5) is 13.0. The lowest BCUT2D eigenvalue weighted by atomic mass is 10.0. The monoisotopic (exact) mass is 437 g/mol. The van der Waals surface area contributed by atoms with Gasteiger partial charge in [0.2, 0.25) is 5.91 Å². The summed E-state index contributed by atoms with van der Waals surface area (Å²) in [7, 11) is 0. The summed E-state index contributed by atoms with van der Waals surface area (Å²) in [5.74, 6) is 4.82. The molecule has 6 nitrogen and oxygen atoms in total. The number of hydrazone groups is 1. The number of amidine groups is 1. The van der Waals surface area contributed by atoms with Crippen molar-refractivity contribution in [1.29, 1.82) is 0 Å². The van der Waals surface area contributed by atoms with E-state index in [1.165, 1.54) is 6.92 Å². The highest BCUT2D eigenvalue weighted by molar-refractivity contribution is 5.92. The Morgan fingerprint density at radius 1 is 1.30 bits per heavy atom. The van der Waals surface area contributed by atoms with Crippen LogP contribution in [0.4, 0.5) is 26.3 Å². The van der Waals surface area contributed by atoms with E-state index in [1.807, 2.05) is 0 Å². The second-order valence-electron chi connectivity index (χ2n) is 6.81. The first kappa shape index (κ1) is 23.5. The average Bonchev–Trinajstić information content (AvgIpc) is 3.09. The summed E-state index contributed by atoms with van der Waals surface area (Å²) in [6.45, 7) is 1.11. The minimum absolute atomic E-state index is 0.0473. The Bertz CT molecular complexity index is 829. The van der Waals surface area contributed by atoms with Gasteiger partial charge in [0.15, 0.2) is 0 Å². The number of benzene rings is 1. The molecule has 2 rings (SSSR count). The molecular weight excluding hydrogens is 416 g/mol. The Balaban J connectivity index is 2.31. The van der Waals surface area contributed by atoms with E-state index in [0.717, 1.165) is 35.5 Å². The lowest BCUT2D eigenvalue weighted by Gasteiger charge is -2.25. The molecule has 166 valence electrons. The largest absolute Gasteiger partial charge is 0.416 e. The van der Waals surface area contributed by atoms with Gasteiger partial charge in [0.25, 0.3) is 0 Å². The molecule has 0 unspecified atom stereocenters. The third kappa shape index (κ3) is 6.12. The second-order valence-corrected chi connectivity index (χ2v) is 6.81. The van der Waals surface area contributed by atoms with Crippen LogP contribution in [0.15, 0.2) is 29.4 Å². The molecule has 1 fully saturated rings. The van der Waals surface area contributed by atoms with Gasteiger partial charge in [-0.2, -0.15) is 26.3 Å². The number of halogens is 6. The number of alkyl halides is 6. The highest BCUT2D eigenvalue weighted by Gasteiger charge is 2.47. The van der Waals surface area contributed by atoms with Crippen molar-refractivity contribution < 1.29 is 31.1 Å². The zero-order valence-electron chi connectivity index (χ0n) is 16.0. The second kappa shape index (κ2) is 8.94. The number of hydrogen-bond acceptors (Lipinski definition) is 4. The normalized spacial score (nSPS) is 18.3. The SMILES string of the molecule is C/C(N)=N/N(N)Cc1cc(C(F)(F)F)ccc1/C=C/C(=O)N1CCC[C@H]1C(F)(F)F. The summed E-state index contributed by atoms with van der Waals surface area (Å²) in [6.07, 6.45) is -7.06. The topological polar surface area (TPSA) is 88.0 Å². The van der Waals surface area contributed by atoms with Gasteiger partial charge in [-0.15, -0.1) is 5.10 Å². The molecule has 1 heterocycles. The minimum Gasteiger partial charge on any atom is -0.386 e. The maximum absolute atomic E-state index is 13.0. The van der Waals surface area contributed by atoms with E-state index in [1.54, 1.807) is 0 Å². The Hall–Kier alpha value is -2.76. The molecular formula is C18H21F6N5O. The zero-order valence-corrected chi connectivity index (χ0v) is 16.0. The predicted octanol–water partition coefficient (Wildman–Crippen LogP) is 3.24. The number of likely N-dealkylation sites (tertiary alicyclic amines) is 1. The highest BCUT2D eigenvalue weighted by atomic mass is 19.4. The molecule has 1 aliphatic rings. The quantitative estimate of drug-likeness (QED) is 0.185. The molecule has 4 N–H and O–H groups in total. The molecule has 0 spiro atoms. The Morgan fingerprint density at radius 2 is 1.97 bits per heavy atom. The van der Waals surface area contributed by atoms with Gasteiger partial charge in [-0.05, 0) is 49.1 Å². The van der Waals surface area contributed by atoms with Gasteiger partial charge in [-0.25, -0.2) is 11.0 Å². The summed E-state index contributed by atoms with van der Waals surface area (Å²) in [5, 5.41) is 4.52. The number of hydrazine groups is 1. The van der Waals surface area contributed by atoms with Crippen LogP contribution in [0, 0.1) is 0 Å². The number of carbonyl (C=O) groups is 1. The third-order valence-electron chi connectivity index (χ3n) is 4.41. The van der Waals surface area contributed by atoms with Crippen LogP contribution in [0.2, 0.25) is 0 Å². The minimum atomic E-state index is -4.62. The molecule has 1 aliphatic heterocycles. The Morgan fingerprint density at radius 3 is 2.53 bits per heavy atom. The van der Waals surface area contributed by atoms with Gasteiger partial charge in [-0.1, -0.05) is 6.07 Å². The summed E-state index contributed by atoms with van der Waals surface area (Å²) >= 11 is 0. The first-order valence-electron chi connectivity index (χ1n) is 8.87. The number of amides is 1. The van der Waals surface area contributed by atoms with Gasteiger partial charge < -0.3 is 10.6 Å². The number of nitrogens with two attached hydrogens (primary N) is 2. The smallest absolute Gasteiger partial charge is 0.386 e. The molecule has 1 aromatic carbocycles. The lowest BCUT2D eigenvalue weighted by molar-refractivity contribution is -0.180. The van der Waals surface area contributed by atoms with E-state index in [-0.39, 0.29) is 42.9 Å². The van der Waals surface area contributed by atoms with Gasteiger partial charge in [-0.3, -0.25) is 4.79 Å². The first-order chi connectivity index (χ1) is 13.8. The van der Waals surface area contributed by atoms with Crippen LogP contribution in [-0.2, 0) is 17.5 Å². The maximum Gasteiger partial charge on any atom is 0.416 e. The fourth-order valence-corrected chi connectivity index (χ4v) is 3.12. The van der Waals surface area contributed by atoms with Gasteiger partial charge in [0, 0.05) is 12.6 Å². The van der Waals surface area contributed by atoms with Crippen LogP contribution >= 0.6 is 0 Å². The van der Waals surface area contributed by atoms with E-state index >= 15 is 0 Å². The summed E-state index contributed by atoms with van der Waals surface area (Å²) in [5.41, 5.74) is 4.69. The van der Waals surface area contributed by atoms with E-state index in [0.29, 0.717) is 4.90 Å². The standard InChI is InChI=1S/C18H21F6N5O/c1-11(25)27-29(26)10-13-9-14(17(19,20)21)6-4-12(13)5-7-16(30)28-8-2-3-15(28)18(22,23)24/h4-7,9,15H,2-3,8,10,26H2,1H3,(H2,25,27)/b7-5+/t15-/m0/s1. The first-order valence-corrected chi connectivity index (χ1v) is 8.87. The van der Waals surface area contributed by atoms with E-state index in [2.05, 4.69) is 5.10 Å². The molecule has 1 aromatic rings. The van der Waals surface area contributed by atoms with Crippen molar-refractivity contribution in [2.45, 2.75) is 44.7 Å². The molecule has 1 atom stereocenters. The number of carbonyl (C=O) groups excluding carboxylic acids is 1. The summed E-state index contributed by atoms with van der Waals surface area (Å²) in [6, 6.07) is 0.878. The van der Waals surface area contributed by atoms with Gasteiger partial charge in [0.1, 0.15) is 11.9 Å². The van der Waals surface area contributed by atoms with Crippen LogP contribution in [0.1, 0.15) is 36.5 Å². The van der Waals surface area contributed by atoms with Crippen molar-refractivity contribution in [1.82, 2.24) is 10.0 Å². The molecule has 0 aliphatic carbocycles. The van der Waals surface area contributed by atoms with E-state index < -0.39 is 29.9 Å². The highest BCUT2D eigenvalue weighted by Crippen LogP contribution is 2.33. The average molecular weight is 437 g/mol. The van der Waals surface area contributed by atoms with Crippen molar-refractivity contribution in [3.05, 3.63) is 41.0 Å². The van der Waals surface area contributed by atoms with Crippen molar-refractivity contribution in [3.8, 4) is 0 Å². The molecule has 30 heavy (non-hydrogen) atoms. The van der Waals surface area contributed by atoms with Crippen molar-refractivity contribution >= 4 is 17.8 Å². The summed E-state index contributed by atoms with van der Waals surface area (Å²) < 4.78 is 78.2. The fraction of sp³-hybridized carbons (Fsp3) is 0.444. The Labute approximate surface area is 168 Å². The zero-order chi connectivity index (χ0) is 22.7. The van der Waals surface area contributed by atoms with E-state index in [4.69, 9.17) is 11.6 Å². The molecule has 0 radical (unpaired) electrons. The fourth-order valence-electron chi connectivity index (χ4n) is 3.12.